The summed E-state index contributed by atoms with van der Waals surface area (Å²) in [5, 5.41) is 13.0. The predicted molar refractivity (Wildman–Crippen MR) is 73.1 cm³/mol. The minimum Gasteiger partial charge on any atom is -0.393 e. The van der Waals surface area contributed by atoms with E-state index < -0.39 is 0 Å². The Balaban J connectivity index is 1.84. The van der Waals surface area contributed by atoms with Crippen LogP contribution in [0, 0.1) is 0 Å². The van der Waals surface area contributed by atoms with Crippen LogP contribution in [-0.2, 0) is 0 Å². The van der Waals surface area contributed by atoms with Crippen LogP contribution in [0.5, 0.6) is 0 Å². The Kier molecular flexibility index (Phi) is 8.34. The van der Waals surface area contributed by atoms with Crippen molar-refractivity contribution in [3.05, 3.63) is 0 Å². The first-order valence-electron chi connectivity index (χ1n) is 6.73. The number of unbranched alkanes of at least 4 members (excludes halogenated alkanes) is 3. The minimum absolute atomic E-state index is 0.0235. The third-order valence-corrected chi connectivity index (χ3v) is 4.10. The summed E-state index contributed by atoms with van der Waals surface area (Å²) in [5.41, 5.74) is 0. The molecule has 0 saturated heterocycles. The molecule has 0 aromatic heterocycles. The Morgan fingerprint density at radius 3 is 2.44 bits per heavy atom. The van der Waals surface area contributed by atoms with E-state index in [1.165, 1.54) is 38.0 Å². The van der Waals surface area contributed by atoms with E-state index in [1.54, 1.807) is 0 Å². The molecule has 1 rings (SSSR count). The lowest BCUT2D eigenvalue weighted by molar-refractivity contribution is 0.117. The van der Waals surface area contributed by atoms with Crippen LogP contribution in [0.15, 0.2) is 0 Å². The maximum atomic E-state index is 9.39. The summed E-state index contributed by atoms with van der Waals surface area (Å²) >= 11 is 1.95. The summed E-state index contributed by atoms with van der Waals surface area (Å²) in [6.45, 7) is 1.17. The lowest BCUT2D eigenvalue weighted by Crippen LogP contribution is -2.35. The fraction of sp³-hybridized carbons (Fsp3) is 1.00. The smallest absolute Gasteiger partial charge is 0.0541 e. The van der Waals surface area contributed by atoms with Crippen LogP contribution in [-0.4, -0.2) is 35.8 Å². The second-order valence-corrected chi connectivity index (χ2v) is 5.85. The average molecular weight is 245 g/mol. The number of hydrogen-bond donors (Lipinski definition) is 2. The van der Waals surface area contributed by atoms with Crippen LogP contribution in [0.3, 0.4) is 0 Å². The molecule has 0 spiro atoms. The number of thioether (sulfide) groups is 1. The molecule has 16 heavy (non-hydrogen) atoms. The zero-order chi connectivity index (χ0) is 11.6. The van der Waals surface area contributed by atoms with E-state index in [9.17, 15) is 5.11 Å². The van der Waals surface area contributed by atoms with Gasteiger partial charge in [-0.25, -0.2) is 0 Å². The first-order valence-corrected chi connectivity index (χ1v) is 8.12. The quantitative estimate of drug-likeness (QED) is 0.645. The highest BCUT2D eigenvalue weighted by Gasteiger charge is 2.18. The van der Waals surface area contributed by atoms with Crippen molar-refractivity contribution in [1.29, 1.82) is 0 Å². The Labute approximate surface area is 105 Å². The molecule has 0 heterocycles. The summed E-state index contributed by atoms with van der Waals surface area (Å²) in [7, 11) is 0. The van der Waals surface area contributed by atoms with Crippen molar-refractivity contribution in [3.8, 4) is 0 Å². The molecule has 1 aliphatic carbocycles. The molecule has 0 radical (unpaired) electrons. The number of nitrogens with one attached hydrogen (secondary N) is 1. The van der Waals surface area contributed by atoms with Crippen molar-refractivity contribution < 1.29 is 5.11 Å². The molecule has 0 aromatic carbocycles. The molecule has 0 amide bonds. The van der Waals surface area contributed by atoms with E-state index in [-0.39, 0.29) is 6.10 Å². The lowest BCUT2D eigenvalue weighted by atomic mass is 9.93. The molecule has 1 saturated carbocycles. The summed E-state index contributed by atoms with van der Waals surface area (Å²) in [5.74, 6) is 1.31. The van der Waals surface area contributed by atoms with Crippen LogP contribution < -0.4 is 5.32 Å². The Bertz CT molecular complexity index is 158. The highest BCUT2D eigenvalue weighted by atomic mass is 32.2. The first kappa shape index (κ1) is 14.3. The molecule has 0 aliphatic heterocycles. The fourth-order valence-electron chi connectivity index (χ4n) is 2.31. The van der Waals surface area contributed by atoms with Gasteiger partial charge in [0.25, 0.3) is 0 Å². The average Bonchev–Trinajstić information content (AvgIpc) is 2.30. The molecule has 2 N–H and O–H groups in total. The summed E-state index contributed by atoms with van der Waals surface area (Å²) in [6.07, 6.45) is 11.9. The van der Waals surface area contributed by atoms with Crippen LogP contribution >= 0.6 is 11.8 Å². The zero-order valence-corrected chi connectivity index (χ0v) is 11.4. The molecule has 96 valence electrons. The van der Waals surface area contributed by atoms with E-state index in [0.29, 0.717) is 6.04 Å². The van der Waals surface area contributed by atoms with E-state index in [2.05, 4.69) is 11.6 Å². The van der Waals surface area contributed by atoms with Gasteiger partial charge in [-0.3, -0.25) is 0 Å². The molecule has 0 bridgehead atoms. The second kappa shape index (κ2) is 9.32. The summed E-state index contributed by atoms with van der Waals surface area (Å²) in [4.78, 5) is 0. The van der Waals surface area contributed by atoms with Crippen LogP contribution in [0.1, 0.15) is 51.4 Å². The van der Waals surface area contributed by atoms with E-state index >= 15 is 0 Å². The van der Waals surface area contributed by atoms with Crippen molar-refractivity contribution in [1.82, 2.24) is 5.32 Å². The SMILES string of the molecule is CSCCCCCCNC1CCC(O)CC1. The standard InChI is InChI=1S/C13H27NOS/c1-16-11-5-3-2-4-10-14-12-6-8-13(15)9-7-12/h12-15H,2-11H2,1H3. The van der Waals surface area contributed by atoms with Gasteiger partial charge < -0.3 is 10.4 Å². The fourth-order valence-corrected chi connectivity index (χ4v) is 2.80. The van der Waals surface area contributed by atoms with Gasteiger partial charge in [0.2, 0.25) is 0 Å². The lowest BCUT2D eigenvalue weighted by Gasteiger charge is -2.26. The first-order chi connectivity index (χ1) is 7.83. The highest BCUT2D eigenvalue weighted by molar-refractivity contribution is 7.98. The normalized spacial score (nSPS) is 25.9. The monoisotopic (exact) mass is 245 g/mol. The van der Waals surface area contributed by atoms with Crippen LogP contribution in [0.25, 0.3) is 0 Å². The molecule has 0 unspecified atom stereocenters. The predicted octanol–water partition coefficient (Wildman–Crippen LogP) is 2.80. The van der Waals surface area contributed by atoms with E-state index in [4.69, 9.17) is 0 Å². The maximum absolute atomic E-state index is 9.39. The van der Waals surface area contributed by atoms with Gasteiger partial charge >= 0.3 is 0 Å². The topological polar surface area (TPSA) is 32.3 Å². The number of aliphatic hydroxyl groups excluding tert-OH is 1. The van der Waals surface area contributed by atoms with Gasteiger partial charge in [-0.05, 0) is 57.1 Å². The van der Waals surface area contributed by atoms with Crippen molar-refractivity contribution in [2.75, 3.05) is 18.6 Å². The van der Waals surface area contributed by atoms with Gasteiger partial charge in [-0.2, -0.15) is 11.8 Å². The maximum Gasteiger partial charge on any atom is 0.0541 e. The van der Waals surface area contributed by atoms with Crippen molar-refractivity contribution >= 4 is 11.8 Å². The molecular weight excluding hydrogens is 218 g/mol. The largest absolute Gasteiger partial charge is 0.393 e. The molecule has 0 atom stereocenters. The van der Waals surface area contributed by atoms with Gasteiger partial charge in [-0.15, -0.1) is 0 Å². The molecule has 1 aliphatic rings. The van der Waals surface area contributed by atoms with Crippen molar-refractivity contribution in [2.24, 2.45) is 0 Å². The third kappa shape index (κ3) is 6.77. The van der Waals surface area contributed by atoms with Gasteiger partial charge in [-0.1, -0.05) is 12.8 Å². The summed E-state index contributed by atoms with van der Waals surface area (Å²) in [6, 6.07) is 0.676. The number of aliphatic hydroxyl groups is 1. The second-order valence-electron chi connectivity index (χ2n) is 4.87. The molecule has 1 fully saturated rings. The Hall–Kier alpha value is 0.270. The van der Waals surface area contributed by atoms with E-state index in [1.807, 2.05) is 11.8 Å². The van der Waals surface area contributed by atoms with E-state index in [0.717, 1.165) is 25.7 Å². The van der Waals surface area contributed by atoms with Crippen molar-refractivity contribution in [2.45, 2.75) is 63.5 Å². The summed E-state index contributed by atoms with van der Waals surface area (Å²) < 4.78 is 0. The Morgan fingerprint density at radius 2 is 1.75 bits per heavy atom. The van der Waals surface area contributed by atoms with Crippen LogP contribution in [0.2, 0.25) is 0 Å². The van der Waals surface area contributed by atoms with Gasteiger partial charge in [0, 0.05) is 6.04 Å². The number of hydrogen-bond acceptors (Lipinski definition) is 3. The van der Waals surface area contributed by atoms with Gasteiger partial charge in [0.15, 0.2) is 0 Å². The molecular formula is C13H27NOS. The zero-order valence-electron chi connectivity index (χ0n) is 10.6. The third-order valence-electron chi connectivity index (χ3n) is 3.40. The molecule has 2 nitrogen and oxygen atoms in total. The minimum atomic E-state index is -0.0235. The number of rotatable bonds is 8. The molecule has 3 heteroatoms. The Morgan fingerprint density at radius 1 is 1.06 bits per heavy atom. The highest BCUT2D eigenvalue weighted by Crippen LogP contribution is 2.18. The van der Waals surface area contributed by atoms with Gasteiger partial charge in [0.1, 0.15) is 0 Å². The molecule has 0 aromatic rings. The van der Waals surface area contributed by atoms with Crippen LogP contribution in [0.4, 0.5) is 0 Å². The van der Waals surface area contributed by atoms with Crippen molar-refractivity contribution in [3.63, 3.8) is 0 Å². The van der Waals surface area contributed by atoms with Gasteiger partial charge in [0.05, 0.1) is 6.10 Å².